The van der Waals surface area contributed by atoms with Gasteiger partial charge in [0.05, 0.1) is 6.61 Å². The van der Waals surface area contributed by atoms with E-state index in [-0.39, 0.29) is 17.8 Å². The number of benzene rings is 2. The Morgan fingerprint density at radius 1 is 0.644 bits per heavy atom. The normalized spacial score (nSPS) is 14.0. The topological polar surface area (TPSA) is 108 Å². The van der Waals surface area contributed by atoms with Crippen molar-refractivity contribution in [1.29, 1.82) is 0 Å². The molecule has 0 aliphatic carbocycles. The van der Waals surface area contributed by atoms with E-state index in [1.54, 1.807) is 52.0 Å². The lowest BCUT2D eigenvalue weighted by Crippen LogP contribution is -2.57. The van der Waals surface area contributed by atoms with Crippen LogP contribution < -0.4 is 9.47 Å². The average Bonchev–Trinajstić information content (AvgIpc) is 2.99. The van der Waals surface area contributed by atoms with E-state index in [1.807, 2.05) is 52.0 Å². The van der Waals surface area contributed by atoms with Crippen LogP contribution in [0.4, 0.5) is 0 Å². The zero-order chi connectivity index (χ0) is 33.6. The molecular weight excluding hydrogens is 580 g/mol. The molecule has 0 heterocycles. The summed E-state index contributed by atoms with van der Waals surface area (Å²) in [5.74, 6) is -1.60. The third-order valence-corrected chi connectivity index (χ3v) is 6.53. The summed E-state index contributed by atoms with van der Waals surface area (Å²) >= 11 is 0. The second-order valence-electron chi connectivity index (χ2n) is 10.2. The van der Waals surface area contributed by atoms with Gasteiger partial charge in [-0.25, -0.2) is 9.59 Å². The summed E-state index contributed by atoms with van der Waals surface area (Å²) in [6.07, 6.45) is -1.67. The van der Waals surface area contributed by atoms with Gasteiger partial charge in [0, 0.05) is 57.0 Å². The van der Waals surface area contributed by atoms with Gasteiger partial charge < -0.3 is 37.9 Å². The molecule has 3 unspecified atom stereocenters. The molecule has 3 atom stereocenters. The van der Waals surface area contributed by atoms with Crippen molar-refractivity contribution in [3.63, 3.8) is 0 Å². The van der Waals surface area contributed by atoms with Gasteiger partial charge >= 0.3 is 11.9 Å². The second-order valence-corrected chi connectivity index (χ2v) is 10.2. The summed E-state index contributed by atoms with van der Waals surface area (Å²) in [5, 5.41) is 0. The average molecular weight is 629 g/mol. The minimum absolute atomic E-state index is 0.0936. The minimum atomic E-state index is -1.47. The Balaban J connectivity index is 2.59. The monoisotopic (exact) mass is 628 g/mol. The standard InChI is InChI=1S/C35H48O10/c1-11-38-23-34(39-12-2,28-15-19-30(20-16-28)42-26(9)44-32(36)24(5)6)35(40-13-3,41-14-4)29-17-21-31(22-18-29)43-27(10)45-33(37)25(7)8/h15-22,26-27H,5,7,11-14,23H2,1-4,6,8-10H3. The summed E-state index contributed by atoms with van der Waals surface area (Å²) in [5.41, 5.74) is 0.633. The van der Waals surface area contributed by atoms with E-state index in [0.717, 1.165) is 0 Å². The molecule has 0 aromatic heterocycles. The molecule has 0 radical (unpaired) electrons. The number of hydrogen-bond donors (Lipinski definition) is 0. The van der Waals surface area contributed by atoms with Crippen LogP contribution in [0.5, 0.6) is 11.5 Å². The van der Waals surface area contributed by atoms with Gasteiger partial charge in [-0.15, -0.1) is 0 Å². The van der Waals surface area contributed by atoms with E-state index >= 15 is 0 Å². The lowest BCUT2D eigenvalue weighted by Gasteiger charge is -2.49. The lowest BCUT2D eigenvalue weighted by molar-refractivity contribution is -0.355. The van der Waals surface area contributed by atoms with E-state index in [9.17, 15) is 9.59 Å². The Morgan fingerprint density at radius 2 is 1.04 bits per heavy atom. The smallest absolute Gasteiger partial charge is 0.336 e. The van der Waals surface area contributed by atoms with Crippen LogP contribution in [0.15, 0.2) is 72.8 Å². The highest BCUT2D eigenvalue weighted by molar-refractivity contribution is 5.87. The minimum Gasteiger partial charge on any atom is -0.455 e. The molecule has 10 heteroatoms. The van der Waals surface area contributed by atoms with Crippen LogP contribution in [0.25, 0.3) is 0 Å². The molecule has 0 aliphatic heterocycles. The van der Waals surface area contributed by atoms with Gasteiger partial charge in [-0.2, -0.15) is 0 Å². The van der Waals surface area contributed by atoms with Crippen molar-refractivity contribution >= 4 is 11.9 Å². The first-order valence-electron chi connectivity index (χ1n) is 15.2. The molecule has 2 aromatic rings. The molecule has 10 nitrogen and oxygen atoms in total. The Morgan fingerprint density at radius 3 is 1.40 bits per heavy atom. The van der Waals surface area contributed by atoms with Crippen LogP contribution in [0.2, 0.25) is 0 Å². The van der Waals surface area contributed by atoms with Crippen molar-refractivity contribution in [3.05, 3.63) is 84.0 Å². The van der Waals surface area contributed by atoms with Crippen molar-refractivity contribution in [2.45, 2.75) is 79.4 Å². The maximum Gasteiger partial charge on any atom is 0.336 e. The highest BCUT2D eigenvalue weighted by Gasteiger charge is 2.58. The van der Waals surface area contributed by atoms with E-state index in [4.69, 9.17) is 37.9 Å². The molecule has 2 rings (SSSR count). The highest BCUT2D eigenvalue weighted by Crippen LogP contribution is 2.48. The van der Waals surface area contributed by atoms with Crippen molar-refractivity contribution in [2.24, 2.45) is 0 Å². The first-order valence-corrected chi connectivity index (χ1v) is 15.2. The zero-order valence-electron chi connectivity index (χ0n) is 27.8. The summed E-state index contributed by atoms with van der Waals surface area (Å²) in [6.45, 7) is 22.6. The molecule has 0 saturated carbocycles. The molecule has 0 spiro atoms. The van der Waals surface area contributed by atoms with Crippen LogP contribution >= 0.6 is 0 Å². The largest absolute Gasteiger partial charge is 0.455 e. The number of ether oxygens (including phenoxy) is 8. The molecule has 0 N–H and O–H groups in total. The fourth-order valence-electron chi connectivity index (χ4n) is 4.65. The summed E-state index contributed by atoms with van der Waals surface area (Å²) < 4.78 is 47.9. The summed E-state index contributed by atoms with van der Waals surface area (Å²) in [7, 11) is 0. The molecule has 0 aliphatic rings. The first kappa shape index (κ1) is 37.5. The SMILES string of the molecule is C=C(C)C(=O)OC(C)Oc1ccc(C(COCC)(OCC)C(OCC)(OCC)c2ccc(OC(C)OC(=O)C(=C)C)cc2)cc1. The van der Waals surface area contributed by atoms with E-state index < -0.39 is 35.9 Å². The van der Waals surface area contributed by atoms with Crippen LogP contribution in [-0.2, 0) is 49.4 Å². The number of hydrogen-bond acceptors (Lipinski definition) is 10. The molecular formula is C35H48O10. The fraction of sp³-hybridized carbons (Fsp3) is 0.486. The van der Waals surface area contributed by atoms with Crippen molar-refractivity contribution in [1.82, 2.24) is 0 Å². The maximum atomic E-state index is 11.9. The summed E-state index contributed by atoms with van der Waals surface area (Å²) in [4.78, 5) is 23.8. The molecule has 0 amide bonds. The Hall–Kier alpha value is -3.70. The van der Waals surface area contributed by atoms with Crippen LogP contribution in [0.1, 0.15) is 66.5 Å². The van der Waals surface area contributed by atoms with Crippen molar-refractivity contribution in [2.75, 3.05) is 33.0 Å². The van der Waals surface area contributed by atoms with Crippen LogP contribution in [0, 0.1) is 0 Å². The van der Waals surface area contributed by atoms with Gasteiger partial charge in [0.2, 0.25) is 18.4 Å². The molecule has 0 fully saturated rings. The van der Waals surface area contributed by atoms with Crippen LogP contribution in [-0.4, -0.2) is 57.6 Å². The summed E-state index contributed by atoms with van der Waals surface area (Å²) in [6, 6.07) is 14.3. The van der Waals surface area contributed by atoms with Gasteiger partial charge in [0.15, 0.2) is 5.60 Å². The molecule has 2 aromatic carbocycles. The van der Waals surface area contributed by atoms with E-state index in [0.29, 0.717) is 49.1 Å². The van der Waals surface area contributed by atoms with Crippen LogP contribution in [0.3, 0.4) is 0 Å². The van der Waals surface area contributed by atoms with Gasteiger partial charge in [0.1, 0.15) is 11.5 Å². The number of rotatable bonds is 20. The third kappa shape index (κ3) is 9.64. The van der Waals surface area contributed by atoms with E-state index in [1.165, 1.54) is 0 Å². The van der Waals surface area contributed by atoms with Crippen molar-refractivity contribution in [3.8, 4) is 11.5 Å². The molecule has 0 saturated heterocycles. The number of carbonyl (C=O) groups is 2. The van der Waals surface area contributed by atoms with Gasteiger partial charge in [-0.3, -0.25) is 0 Å². The third-order valence-electron chi connectivity index (χ3n) is 6.53. The number of esters is 2. The Labute approximate surface area is 267 Å². The van der Waals surface area contributed by atoms with Gasteiger partial charge in [0.25, 0.3) is 0 Å². The Kier molecular flexibility index (Phi) is 14.7. The lowest BCUT2D eigenvalue weighted by atomic mass is 9.80. The first-order chi connectivity index (χ1) is 21.4. The molecule has 0 bridgehead atoms. The maximum absolute atomic E-state index is 11.9. The van der Waals surface area contributed by atoms with E-state index in [2.05, 4.69) is 13.2 Å². The predicted molar refractivity (Wildman–Crippen MR) is 170 cm³/mol. The second kappa shape index (κ2) is 17.7. The Bertz CT molecular complexity index is 1250. The fourth-order valence-corrected chi connectivity index (χ4v) is 4.65. The van der Waals surface area contributed by atoms with Gasteiger partial charge in [-0.05, 0) is 83.5 Å². The molecule has 45 heavy (non-hydrogen) atoms. The quantitative estimate of drug-likeness (QED) is 0.0908. The highest BCUT2D eigenvalue weighted by atomic mass is 16.7. The van der Waals surface area contributed by atoms with Crippen molar-refractivity contribution < 1.29 is 47.5 Å². The van der Waals surface area contributed by atoms with Gasteiger partial charge in [-0.1, -0.05) is 25.3 Å². The number of carbonyl (C=O) groups excluding carboxylic acids is 2. The predicted octanol–water partition coefficient (Wildman–Crippen LogP) is 6.57. The zero-order valence-corrected chi connectivity index (χ0v) is 27.8. The molecule has 248 valence electrons.